The van der Waals surface area contributed by atoms with E-state index in [-0.39, 0.29) is 6.04 Å². The lowest BCUT2D eigenvalue weighted by atomic mass is 9.94. The van der Waals surface area contributed by atoms with Crippen LogP contribution in [0.25, 0.3) is 0 Å². The van der Waals surface area contributed by atoms with Crippen molar-refractivity contribution in [3.05, 3.63) is 33.3 Å². The average Bonchev–Trinajstić information content (AvgIpc) is 2.20. The Kier molecular flexibility index (Phi) is 5.00. The number of hydrogen-bond donors (Lipinski definition) is 1. The number of hydrogen-bond acceptors (Lipinski definition) is 1. The van der Waals surface area contributed by atoms with Crippen molar-refractivity contribution in [3.63, 3.8) is 0 Å². The number of rotatable bonds is 4. The van der Waals surface area contributed by atoms with Crippen LogP contribution < -0.4 is 5.73 Å². The third-order valence-corrected chi connectivity index (χ3v) is 3.86. The Morgan fingerprint density at radius 1 is 1.12 bits per heavy atom. The fourth-order valence-electron chi connectivity index (χ4n) is 1.87. The molecule has 0 aliphatic carbocycles. The number of halogens is 1. The normalized spacial score (nSPS) is 13.2. The fraction of sp³-hybridized carbons (Fsp3) is 0.571. The Labute approximate surface area is 108 Å². The molecule has 0 radical (unpaired) electrons. The van der Waals surface area contributed by atoms with E-state index in [1.54, 1.807) is 0 Å². The van der Waals surface area contributed by atoms with E-state index in [9.17, 15) is 0 Å². The van der Waals surface area contributed by atoms with Crippen molar-refractivity contribution >= 4 is 15.9 Å². The molecule has 1 unspecified atom stereocenters. The summed E-state index contributed by atoms with van der Waals surface area (Å²) >= 11 is 3.55. The third-order valence-electron chi connectivity index (χ3n) is 3.00. The Morgan fingerprint density at radius 3 is 2.31 bits per heavy atom. The molecule has 0 aliphatic heterocycles. The summed E-state index contributed by atoms with van der Waals surface area (Å²) in [6.07, 6.45) is 2.26. The van der Waals surface area contributed by atoms with Crippen LogP contribution in [-0.2, 0) is 0 Å². The molecule has 16 heavy (non-hydrogen) atoms. The summed E-state index contributed by atoms with van der Waals surface area (Å²) in [6.45, 7) is 8.73. The minimum Gasteiger partial charge on any atom is -0.324 e. The Morgan fingerprint density at radius 2 is 1.75 bits per heavy atom. The van der Waals surface area contributed by atoms with Crippen LogP contribution in [0.15, 0.2) is 16.6 Å². The molecule has 0 bridgehead atoms. The van der Waals surface area contributed by atoms with E-state index in [1.807, 2.05) is 0 Å². The van der Waals surface area contributed by atoms with Gasteiger partial charge in [0.15, 0.2) is 0 Å². The molecular formula is C14H22BrN. The molecular weight excluding hydrogens is 262 g/mol. The zero-order chi connectivity index (χ0) is 12.3. The first-order chi connectivity index (χ1) is 7.41. The molecule has 0 fully saturated rings. The second-order valence-electron chi connectivity index (χ2n) is 5.04. The van der Waals surface area contributed by atoms with Crippen LogP contribution in [-0.4, -0.2) is 0 Å². The second kappa shape index (κ2) is 5.83. The summed E-state index contributed by atoms with van der Waals surface area (Å²) in [6, 6.07) is 4.55. The number of aryl methyl sites for hydroxylation is 2. The molecule has 90 valence electrons. The minimum atomic E-state index is 0.175. The van der Waals surface area contributed by atoms with Crippen molar-refractivity contribution < 1.29 is 0 Å². The quantitative estimate of drug-likeness (QED) is 0.865. The molecule has 1 aromatic rings. The summed E-state index contributed by atoms with van der Waals surface area (Å²) in [4.78, 5) is 0. The van der Waals surface area contributed by atoms with Crippen molar-refractivity contribution in [1.29, 1.82) is 0 Å². The first kappa shape index (κ1) is 13.7. The van der Waals surface area contributed by atoms with Gasteiger partial charge in [-0.05, 0) is 55.4 Å². The SMILES string of the molecule is Cc1cc(C(N)CCC(C)C)c(C)cc1Br. The van der Waals surface area contributed by atoms with E-state index in [2.05, 4.69) is 55.8 Å². The van der Waals surface area contributed by atoms with E-state index < -0.39 is 0 Å². The van der Waals surface area contributed by atoms with Gasteiger partial charge in [0.05, 0.1) is 0 Å². The summed E-state index contributed by atoms with van der Waals surface area (Å²) in [5.41, 5.74) is 10.1. The maximum atomic E-state index is 6.25. The minimum absolute atomic E-state index is 0.175. The monoisotopic (exact) mass is 283 g/mol. The first-order valence-corrected chi connectivity index (χ1v) is 6.73. The highest BCUT2D eigenvalue weighted by Crippen LogP contribution is 2.27. The van der Waals surface area contributed by atoms with E-state index in [0.717, 1.165) is 12.3 Å². The fourth-order valence-corrected chi connectivity index (χ4v) is 2.33. The zero-order valence-electron chi connectivity index (χ0n) is 10.7. The Hall–Kier alpha value is -0.340. The zero-order valence-corrected chi connectivity index (χ0v) is 12.3. The van der Waals surface area contributed by atoms with Gasteiger partial charge < -0.3 is 5.73 Å². The van der Waals surface area contributed by atoms with Gasteiger partial charge in [0.1, 0.15) is 0 Å². The molecule has 0 aromatic heterocycles. The van der Waals surface area contributed by atoms with E-state index in [1.165, 1.54) is 27.6 Å². The highest BCUT2D eigenvalue weighted by molar-refractivity contribution is 9.10. The predicted octanol–water partition coefficient (Wildman–Crippen LogP) is 4.50. The number of nitrogens with two attached hydrogens (primary N) is 1. The van der Waals surface area contributed by atoms with E-state index in [0.29, 0.717) is 0 Å². The molecule has 0 saturated heterocycles. The molecule has 0 amide bonds. The second-order valence-corrected chi connectivity index (χ2v) is 5.89. The Bertz CT molecular complexity index is 358. The molecule has 1 nitrogen and oxygen atoms in total. The van der Waals surface area contributed by atoms with Crippen LogP contribution in [0, 0.1) is 19.8 Å². The van der Waals surface area contributed by atoms with Crippen molar-refractivity contribution in [2.75, 3.05) is 0 Å². The van der Waals surface area contributed by atoms with Gasteiger partial charge in [-0.15, -0.1) is 0 Å². The third kappa shape index (κ3) is 3.60. The van der Waals surface area contributed by atoms with Crippen molar-refractivity contribution in [2.45, 2.75) is 46.6 Å². The van der Waals surface area contributed by atoms with Crippen LogP contribution in [0.1, 0.15) is 49.4 Å². The van der Waals surface area contributed by atoms with Crippen molar-refractivity contribution in [2.24, 2.45) is 11.7 Å². The Balaban J connectivity index is 2.82. The van der Waals surface area contributed by atoms with Crippen LogP contribution in [0.4, 0.5) is 0 Å². The highest BCUT2D eigenvalue weighted by atomic mass is 79.9. The molecule has 2 heteroatoms. The summed E-state index contributed by atoms with van der Waals surface area (Å²) in [5.74, 6) is 0.725. The lowest BCUT2D eigenvalue weighted by Gasteiger charge is -2.17. The van der Waals surface area contributed by atoms with Crippen molar-refractivity contribution in [3.8, 4) is 0 Å². The van der Waals surface area contributed by atoms with Gasteiger partial charge in [-0.3, -0.25) is 0 Å². The van der Waals surface area contributed by atoms with Crippen LogP contribution in [0.5, 0.6) is 0 Å². The van der Waals surface area contributed by atoms with Gasteiger partial charge in [0, 0.05) is 10.5 Å². The molecule has 1 atom stereocenters. The van der Waals surface area contributed by atoms with Crippen molar-refractivity contribution in [1.82, 2.24) is 0 Å². The largest absolute Gasteiger partial charge is 0.324 e. The maximum absolute atomic E-state index is 6.25. The molecule has 2 N–H and O–H groups in total. The molecule has 0 heterocycles. The molecule has 0 spiro atoms. The van der Waals surface area contributed by atoms with Gasteiger partial charge >= 0.3 is 0 Å². The van der Waals surface area contributed by atoms with Crippen LogP contribution >= 0.6 is 15.9 Å². The summed E-state index contributed by atoms with van der Waals surface area (Å²) in [5, 5.41) is 0. The van der Waals surface area contributed by atoms with E-state index in [4.69, 9.17) is 5.73 Å². The first-order valence-electron chi connectivity index (χ1n) is 5.94. The van der Waals surface area contributed by atoms with Gasteiger partial charge in [0.25, 0.3) is 0 Å². The van der Waals surface area contributed by atoms with Gasteiger partial charge in [-0.25, -0.2) is 0 Å². The molecule has 0 aliphatic rings. The lowest BCUT2D eigenvalue weighted by Crippen LogP contribution is -2.13. The average molecular weight is 284 g/mol. The number of benzene rings is 1. The summed E-state index contributed by atoms with van der Waals surface area (Å²) in [7, 11) is 0. The van der Waals surface area contributed by atoms with Gasteiger partial charge in [0.2, 0.25) is 0 Å². The molecule has 1 rings (SSSR count). The topological polar surface area (TPSA) is 26.0 Å². The molecule has 0 saturated carbocycles. The van der Waals surface area contributed by atoms with Gasteiger partial charge in [-0.2, -0.15) is 0 Å². The van der Waals surface area contributed by atoms with Crippen LogP contribution in [0.2, 0.25) is 0 Å². The van der Waals surface area contributed by atoms with Gasteiger partial charge in [-0.1, -0.05) is 35.8 Å². The van der Waals surface area contributed by atoms with E-state index >= 15 is 0 Å². The predicted molar refractivity (Wildman–Crippen MR) is 74.6 cm³/mol. The summed E-state index contributed by atoms with van der Waals surface area (Å²) < 4.78 is 1.17. The smallest absolute Gasteiger partial charge is 0.0297 e. The molecule has 1 aromatic carbocycles. The standard InChI is InChI=1S/C14H22BrN/c1-9(2)5-6-14(16)12-7-11(4)13(15)8-10(12)3/h7-9,14H,5-6,16H2,1-4H3. The highest BCUT2D eigenvalue weighted by Gasteiger charge is 2.11. The maximum Gasteiger partial charge on any atom is 0.0297 e. The lowest BCUT2D eigenvalue weighted by molar-refractivity contribution is 0.506. The van der Waals surface area contributed by atoms with Crippen LogP contribution in [0.3, 0.4) is 0 Å².